The van der Waals surface area contributed by atoms with E-state index >= 15 is 0 Å². The third-order valence-corrected chi connectivity index (χ3v) is 4.19. The average Bonchev–Trinajstić information content (AvgIpc) is 2.38. The lowest BCUT2D eigenvalue weighted by Crippen LogP contribution is -2.45. The second kappa shape index (κ2) is 6.55. The van der Waals surface area contributed by atoms with Gasteiger partial charge in [0.05, 0.1) is 18.1 Å². The molecular formula is C16H24N2OS. The van der Waals surface area contributed by atoms with Gasteiger partial charge >= 0.3 is 0 Å². The highest BCUT2D eigenvalue weighted by Crippen LogP contribution is 2.33. The normalized spacial score (nSPS) is 25.1. The van der Waals surface area contributed by atoms with Crippen molar-refractivity contribution >= 4 is 17.2 Å². The maximum Gasteiger partial charge on any atom is 0.124 e. The Morgan fingerprint density at radius 2 is 1.90 bits per heavy atom. The molecule has 0 aliphatic carbocycles. The molecule has 1 fully saturated rings. The van der Waals surface area contributed by atoms with Crippen molar-refractivity contribution in [3.05, 3.63) is 29.8 Å². The zero-order valence-corrected chi connectivity index (χ0v) is 13.3. The molecule has 1 heterocycles. The summed E-state index contributed by atoms with van der Waals surface area (Å²) in [7, 11) is 1.69. The van der Waals surface area contributed by atoms with Gasteiger partial charge in [0.2, 0.25) is 0 Å². The quantitative estimate of drug-likeness (QED) is 0.866. The first kappa shape index (κ1) is 15.3. The highest BCUT2D eigenvalue weighted by molar-refractivity contribution is 7.80. The average molecular weight is 292 g/mol. The lowest BCUT2D eigenvalue weighted by Gasteiger charge is -2.40. The maximum absolute atomic E-state index is 6.05. The molecule has 2 N–H and O–H groups in total. The van der Waals surface area contributed by atoms with Gasteiger partial charge in [-0.05, 0) is 24.3 Å². The number of piperidine rings is 1. The first-order valence-corrected chi connectivity index (χ1v) is 7.60. The minimum atomic E-state index is -0.0358. The second-order valence-corrected chi connectivity index (χ2v) is 6.42. The van der Waals surface area contributed by atoms with Gasteiger partial charge in [-0.25, -0.2) is 0 Å². The summed E-state index contributed by atoms with van der Waals surface area (Å²) in [5, 5.41) is 0. The smallest absolute Gasteiger partial charge is 0.124 e. The lowest BCUT2D eigenvalue weighted by atomic mass is 9.89. The second-order valence-electron chi connectivity index (χ2n) is 5.95. The fourth-order valence-electron chi connectivity index (χ4n) is 3.34. The molecule has 0 radical (unpaired) electrons. The van der Waals surface area contributed by atoms with Crippen LogP contribution in [0.4, 0.5) is 0 Å². The number of rotatable bonds is 4. The topological polar surface area (TPSA) is 38.5 Å². The molecule has 1 aliphatic heterocycles. The number of hydrogen-bond acceptors (Lipinski definition) is 3. The number of likely N-dealkylation sites (tertiary alicyclic amines) is 1. The van der Waals surface area contributed by atoms with Crippen LogP contribution in [0.1, 0.15) is 31.9 Å². The number of nitrogens with zero attached hydrogens (tertiary/aromatic N) is 1. The van der Waals surface area contributed by atoms with Crippen molar-refractivity contribution in [3.8, 4) is 5.75 Å². The van der Waals surface area contributed by atoms with Crippen LogP contribution in [-0.4, -0.2) is 30.1 Å². The Balaban J connectivity index is 2.33. The van der Waals surface area contributed by atoms with Crippen LogP contribution in [0.25, 0.3) is 0 Å². The van der Waals surface area contributed by atoms with Gasteiger partial charge < -0.3 is 10.5 Å². The van der Waals surface area contributed by atoms with Crippen molar-refractivity contribution in [3.63, 3.8) is 0 Å². The summed E-state index contributed by atoms with van der Waals surface area (Å²) in [4.78, 5) is 2.93. The predicted molar refractivity (Wildman–Crippen MR) is 87.0 cm³/mol. The lowest BCUT2D eigenvalue weighted by molar-refractivity contribution is 0.121. The fraction of sp³-hybridized carbons (Fsp3) is 0.562. The zero-order chi connectivity index (χ0) is 14.7. The Morgan fingerprint density at radius 3 is 2.45 bits per heavy atom. The van der Waals surface area contributed by atoms with E-state index in [9.17, 15) is 0 Å². The van der Waals surface area contributed by atoms with Gasteiger partial charge in [0.25, 0.3) is 0 Å². The first-order chi connectivity index (χ1) is 9.52. The van der Waals surface area contributed by atoms with E-state index in [0.29, 0.717) is 16.8 Å². The molecule has 0 bridgehead atoms. The standard InChI is InChI=1S/C16H24N2OS/c1-11-8-12(2)10-18(9-11)15(16(17)20)13-6-4-5-7-14(13)19-3/h4-7,11-12,15H,8-10H2,1-3H3,(H2,17,20). The molecule has 0 spiro atoms. The van der Waals surface area contributed by atoms with Crippen molar-refractivity contribution in [1.82, 2.24) is 4.90 Å². The molecule has 0 aromatic heterocycles. The van der Waals surface area contributed by atoms with Crippen molar-refractivity contribution < 1.29 is 4.74 Å². The van der Waals surface area contributed by atoms with E-state index in [4.69, 9.17) is 22.7 Å². The van der Waals surface area contributed by atoms with E-state index in [0.717, 1.165) is 24.4 Å². The third-order valence-electron chi connectivity index (χ3n) is 3.97. The van der Waals surface area contributed by atoms with Crippen molar-refractivity contribution in [2.24, 2.45) is 17.6 Å². The molecule has 1 saturated heterocycles. The van der Waals surface area contributed by atoms with Gasteiger partial charge in [0.15, 0.2) is 0 Å². The SMILES string of the molecule is COc1ccccc1C(C(N)=S)N1CC(C)CC(C)C1. The van der Waals surface area contributed by atoms with Crippen molar-refractivity contribution in [1.29, 1.82) is 0 Å². The molecule has 1 aromatic carbocycles. The van der Waals surface area contributed by atoms with Gasteiger partial charge in [-0.15, -0.1) is 0 Å². The number of methoxy groups -OCH3 is 1. The largest absolute Gasteiger partial charge is 0.496 e. The minimum absolute atomic E-state index is 0.0358. The Kier molecular flexibility index (Phi) is 5.00. The summed E-state index contributed by atoms with van der Waals surface area (Å²) in [6, 6.07) is 7.98. The van der Waals surface area contributed by atoms with E-state index in [1.165, 1.54) is 6.42 Å². The Bertz CT molecular complexity index is 467. The van der Waals surface area contributed by atoms with Crippen LogP contribution < -0.4 is 10.5 Å². The summed E-state index contributed by atoms with van der Waals surface area (Å²) in [6.07, 6.45) is 1.27. The van der Waals surface area contributed by atoms with Crippen LogP contribution >= 0.6 is 12.2 Å². The van der Waals surface area contributed by atoms with Crippen molar-refractivity contribution in [2.45, 2.75) is 26.3 Å². The van der Waals surface area contributed by atoms with Crippen LogP contribution in [0.15, 0.2) is 24.3 Å². The number of para-hydroxylation sites is 1. The van der Waals surface area contributed by atoms with E-state index in [2.05, 4.69) is 24.8 Å². The molecule has 3 unspecified atom stereocenters. The summed E-state index contributed by atoms with van der Waals surface area (Å²) < 4.78 is 5.48. The maximum atomic E-state index is 6.05. The molecule has 0 saturated carbocycles. The summed E-state index contributed by atoms with van der Waals surface area (Å²) in [6.45, 7) is 6.65. The van der Waals surface area contributed by atoms with E-state index in [1.807, 2.05) is 18.2 Å². The van der Waals surface area contributed by atoms with Crippen LogP contribution in [0.3, 0.4) is 0 Å². The zero-order valence-electron chi connectivity index (χ0n) is 12.5. The van der Waals surface area contributed by atoms with Crippen LogP contribution in [-0.2, 0) is 0 Å². The number of hydrogen-bond donors (Lipinski definition) is 1. The number of ether oxygens (including phenoxy) is 1. The van der Waals surface area contributed by atoms with Crippen molar-refractivity contribution in [2.75, 3.05) is 20.2 Å². The van der Waals surface area contributed by atoms with Gasteiger partial charge in [-0.1, -0.05) is 44.3 Å². The van der Waals surface area contributed by atoms with Crippen LogP contribution in [0.5, 0.6) is 5.75 Å². The molecule has 110 valence electrons. The fourth-order valence-corrected chi connectivity index (χ4v) is 3.62. The molecule has 20 heavy (non-hydrogen) atoms. The number of nitrogens with two attached hydrogens (primary N) is 1. The van der Waals surface area contributed by atoms with E-state index in [1.54, 1.807) is 7.11 Å². The predicted octanol–water partition coefficient (Wildman–Crippen LogP) is 3.00. The van der Waals surface area contributed by atoms with Gasteiger partial charge in [-0.3, -0.25) is 4.90 Å². The summed E-state index contributed by atoms with van der Waals surface area (Å²) in [5.41, 5.74) is 7.12. The Morgan fingerprint density at radius 1 is 1.30 bits per heavy atom. The monoisotopic (exact) mass is 292 g/mol. The summed E-state index contributed by atoms with van der Waals surface area (Å²) in [5.74, 6) is 2.20. The highest BCUT2D eigenvalue weighted by Gasteiger charge is 2.31. The molecule has 1 aliphatic rings. The van der Waals surface area contributed by atoms with Gasteiger partial charge in [-0.2, -0.15) is 0 Å². The molecule has 3 atom stereocenters. The molecule has 2 rings (SSSR count). The van der Waals surface area contributed by atoms with Gasteiger partial charge in [0, 0.05) is 18.7 Å². The highest BCUT2D eigenvalue weighted by atomic mass is 32.1. The molecule has 1 aromatic rings. The van der Waals surface area contributed by atoms with Crippen LogP contribution in [0.2, 0.25) is 0 Å². The van der Waals surface area contributed by atoms with Gasteiger partial charge in [0.1, 0.15) is 5.75 Å². The minimum Gasteiger partial charge on any atom is -0.496 e. The third kappa shape index (κ3) is 3.30. The first-order valence-electron chi connectivity index (χ1n) is 7.19. The molecule has 0 amide bonds. The Labute approximate surface area is 127 Å². The molecule has 4 heteroatoms. The number of thiocarbonyl (C=S) groups is 1. The number of benzene rings is 1. The van der Waals surface area contributed by atoms with Crippen LogP contribution in [0, 0.1) is 11.8 Å². The van der Waals surface area contributed by atoms with E-state index < -0.39 is 0 Å². The molecule has 3 nitrogen and oxygen atoms in total. The Hall–Kier alpha value is -1.13. The summed E-state index contributed by atoms with van der Waals surface area (Å²) >= 11 is 5.35. The van der Waals surface area contributed by atoms with E-state index in [-0.39, 0.29) is 6.04 Å². The molecular weight excluding hydrogens is 268 g/mol.